The second-order valence-corrected chi connectivity index (χ2v) is 2.42. The molecule has 0 aromatic rings. The number of hydrogen-bond donors (Lipinski definition) is 1. The van der Waals surface area contributed by atoms with Crippen molar-refractivity contribution in [2.24, 2.45) is 0 Å². The lowest BCUT2D eigenvalue weighted by Crippen LogP contribution is -2.23. The number of alkyl halides is 1. The fraction of sp³-hybridized carbons (Fsp3) is 0.600. The van der Waals surface area contributed by atoms with Gasteiger partial charge in [-0.2, -0.15) is 0 Å². The van der Waals surface area contributed by atoms with Crippen molar-refractivity contribution in [1.82, 2.24) is 0 Å². The average Bonchev–Trinajstić information content (AvgIpc) is 2.17. The number of aliphatic hydroxyl groups excluding tert-OH is 1. The van der Waals surface area contributed by atoms with Gasteiger partial charge in [0, 0.05) is 6.42 Å². The molecule has 0 aromatic heterocycles. The zero-order chi connectivity index (χ0) is 6.04. The van der Waals surface area contributed by atoms with Gasteiger partial charge < -0.3 is 9.84 Å². The summed E-state index contributed by atoms with van der Waals surface area (Å²) in [5.41, 5.74) is 0. The molecule has 0 saturated heterocycles. The van der Waals surface area contributed by atoms with E-state index in [0.717, 1.165) is 0 Å². The topological polar surface area (TPSA) is 29.5 Å². The third kappa shape index (κ3) is 0.956. The van der Waals surface area contributed by atoms with Gasteiger partial charge in [0.05, 0.1) is 12.9 Å². The monoisotopic (exact) mass is 134 g/mol. The molecule has 46 valence electrons. The smallest absolute Gasteiger partial charge is 0.207 e. The summed E-state index contributed by atoms with van der Waals surface area (Å²) in [6, 6.07) is 0. The summed E-state index contributed by atoms with van der Waals surface area (Å²) in [5.74, 6) is 0. The Morgan fingerprint density at radius 1 is 1.88 bits per heavy atom. The van der Waals surface area contributed by atoms with Crippen LogP contribution in [0.25, 0.3) is 0 Å². The van der Waals surface area contributed by atoms with Crippen LogP contribution in [0.15, 0.2) is 12.3 Å². The normalized spacial score (nSPS) is 35.2. The number of hydrogen-bond acceptors (Lipinski definition) is 2. The van der Waals surface area contributed by atoms with E-state index < -0.39 is 5.06 Å². The van der Waals surface area contributed by atoms with Crippen molar-refractivity contribution in [3.63, 3.8) is 0 Å². The maximum atomic E-state index is 8.53. The van der Waals surface area contributed by atoms with E-state index in [9.17, 15) is 0 Å². The van der Waals surface area contributed by atoms with Gasteiger partial charge in [-0.25, -0.2) is 0 Å². The minimum Gasteiger partial charge on any atom is -0.477 e. The molecule has 1 aliphatic heterocycles. The lowest BCUT2D eigenvalue weighted by molar-refractivity contribution is 0.0608. The van der Waals surface area contributed by atoms with Gasteiger partial charge >= 0.3 is 0 Å². The van der Waals surface area contributed by atoms with Gasteiger partial charge in [0.15, 0.2) is 0 Å². The van der Waals surface area contributed by atoms with Crippen molar-refractivity contribution < 1.29 is 9.84 Å². The van der Waals surface area contributed by atoms with Crippen LogP contribution in [0, 0.1) is 0 Å². The van der Waals surface area contributed by atoms with Crippen LogP contribution < -0.4 is 0 Å². The predicted molar refractivity (Wildman–Crippen MR) is 30.5 cm³/mol. The van der Waals surface area contributed by atoms with E-state index in [1.165, 1.54) is 6.26 Å². The van der Waals surface area contributed by atoms with E-state index in [1.807, 2.05) is 0 Å². The van der Waals surface area contributed by atoms with Crippen molar-refractivity contribution in [2.75, 3.05) is 6.61 Å². The molecule has 0 bridgehead atoms. The molecule has 1 atom stereocenters. The van der Waals surface area contributed by atoms with Crippen LogP contribution >= 0.6 is 11.6 Å². The van der Waals surface area contributed by atoms with Gasteiger partial charge in [0.1, 0.15) is 0 Å². The Labute approximate surface area is 52.7 Å². The van der Waals surface area contributed by atoms with Crippen molar-refractivity contribution in [3.8, 4) is 0 Å². The summed E-state index contributed by atoms with van der Waals surface area (Å²) in [6.45, 7) is -0.137. The summed E-state index contributed by atoms with van der Waals surface area (Å²) in [6.07, 6.45) is 3.87. The first kappa shape index (κ1) is 5.92. The number of ether oxygens (including phenoxy) is 1. The lowest BCUT2D eigenvalue weighted by atomic mass is 10.3. The van der Waals surface area contributed by atoms with Gasteiger partial charge in [0.2, 0.25) is 5.06 Å². The molecule has 1 N–H and O–H groups in total. The molecule has 8 heavy (non-hydrogen) atoms. The van der Waals surface area contributed by atoms with Gasteiger partial charge in [-0.1, -0.05) is 11.6 Å². The van der Waals surface area contributed by atoms with E-state index in [0.29, 0.717) is 6.42 Å². The molecule has 0 amide bonds. The summed E-state index contributed by atoms with van der Waals surface area (Å²) < 4.78 is 4.82. The summed E-state index contributed by atoms with van der Waals surface area (Å²) >= 11 is 5.62. The molecule has 3 heteroatoms. The molecule has 0 aliphatic carbocycles. The third-order valence-electron chi connectivity index (χ3n) is 1.03. The molecule has 1 heterocycles. The Bertz CT molecular complexity index is 103. The van der Waals surface area contributed by atoms with Crippen LogP contribution in [-0.2, 0) is 4.74 Å². The number of rotatable bonds is 1. The summed E-state index contributed by atoms with van der Waals surface area (Å²) in [5, 5.41) is 7.68. The third-order valence-corrected chi connectivity index (χ3v) is 1.40. The zero-order valence-electron chi connectivity index (χ0n) is 4.30. The van der Waals surface area contributed by atoms with Gasteiger partial charge in [-0.05, 0) is 6.08 Å². The molecule has 2 nitrogen and oxygen atoms in total. The number of halogens is 1. The molecule has 0 fully saturated rings. The highest BCUT2D eigenvalue weighted by Crippen LogP contribution is 2.26. The molecule has 1 unspecified atom stereocenters. The van der Waals surface area contributed by atoms with Crippen molar-refractivity contribution in [2.45, 2.75) is 11.5 Å². The first-order chi connectivity index (χ1) is 3.77. The van der Waals surface area contributed by atoms with Crippen LogP contribution in [0.4, 0.5) is 0 Å². The zero-order valence-corrected chi connectivity index (χ0v) is 5.06. The molecule has 1 rings (SSSR count). The Hall–Kier alpha value is -0.210. The molecule has 0 radical (unpaired) electrons. The van der Waals surface area contributed by atoms with Crippen molar-refractivity contribution in [1.29, 1.82) is 0 Å². The van der Waals surface area contributed by atoms with Crippen molar-refractivity contribution >= 4 is 11.6 Å². The molecular weight excluding hydrogens is 128 g/mol. The van der Waals surface area contributed by atoms with Crippen LogP contribution in [-0.4, -0.2) is 16.8 Å². The maximum Gasteiger partial charge on any atom is 0.207 e. The Balaban J connectivity index is 2.46. The Morgan fingerprint density at radius 2 is 2.62 bits per heavy atom. The fourth-order valence-electron chi connectivity index (χ4n) is 0.544. The van der Waals surface area contributed by atoms with E-state index >= 15 is 0 Å². The van der Waals surface area contributed by atoms with E-state index in [-0.39, 0.29) is 6.61 Å². The summed E-state index contributed by atoms with van der Waals surface area (Å²) in [7, 11) is 0. The number of aliphatic hydroxyl groups is 1. The van der Waals surface area contributed by atoms with E-state index in [4.69, 9.17) is 21.4 Å². The van der Waals surface area contributed by atoms with Gasteiger partial charge in [-0.3, -0.25) is 0 Å². The second-order valence-electron chi connectivity index (χ2n) is 1.73. The van der Waals surface area contributed by atoms with Crippen LogP contribution in [0.5, 0.6) is 0 Å². The van der Waals surface area contributed by atoms with Gasteiger partial charge in [0.25, 0.3) is 0 Å². The van der Waals surface area contributed by atoms with Gasteiger partial charge in [-0.15, -0.1) is 0 Å². The highest BCUT2D eigenvalue weighted by molar-refractivity contribution is 6.23. The Kier molecular flexibility index (Phi) is 1.45. The molecule has 1 aliphatic rings. The first-order valence-corrected chi connectivity index (χ1v) is 2.77. The summed E-state index contributed by atoms with van der Waals surface area (Å²) in [4.78, 5) is 0. The molecule has 0 aromatic carbocycles. The quantitative estimate of drug-likeness (QED) is 0.539. The van der Waals surface area contributed by atoms with Crippen LogP contribution in [0.2, 0.25) is 0 Å². The van der Waals surface area contributed by atoms with Crippen LogP contribution in [0.1, 0.15) is 6.42 Å². The highest BCUT2D eigenvalue weighted by Gasteiger charge is 2.28. The average molecular weight is 135 g/mol. The molecular formula is C5H7ClO2. The fourth-order valence-corrected chi connectivity index (χ4v) is 0.685. The SMILES string of the molecule is OCC1(Cl)CC=CO1. The highest BCUT2D eigenvalue weighted by atomic mass is 35.5. The van der Waals surface area contributed by atoms with Crippen LogP contribution in [0.3, 0.4) is 0 Å². The largest absolute Gasteiger partial charge is 0.477 e. The maximum absolute atomic E-state index is 8.53. The van der Waals surface area contributed by atoms with E-state index in [2.05, 4.69) is 0 Å². The minimum absolute atomic E-state index is 0.137. The molecule has 0 saturated carbocycles. The lowest BCUT2D eigenvalue weighted by Gasteiger charge is -2.16. The molecule has 0 spiro atoms. The van der Waals surface area contributed by atoms with Crippen molar-refractivity contribution in [3.05, 3.63) is 12.3 Å². The minimum atomic E-state index is -0.847. The van der Waals surface area contributed by atoms with E-state index in [1.54, 1.807) is 6.08 Å². The Morgan fingerprint density at radius 3 is 2.88 bits per heavy atom. The first-order valence-electron chi connectivity index (χ1n) is 2.39. The second kappa shape index (κ2) is 1.96. The standard InChI is InChI=1S/C5H7ClO2/c6-5(4-7)2-1-3-8-5/h1,3,7H,2,4H2. The predicted octanol–water partition coefficient (Wildman–Crippen LogP) is 0.848.